The van der Waals surface area contributed by atoms with E-state index in [0.717, 1.165) is 40.1 Å². The first kappa shape index (κ1) is 12.1. The maximum Gasteiger partial charge on any atom is 0.110 e. The molecule has 1 atom stereocenters. The topological polar surface area (TPSA) is 57.4 Å². The molecule has 0 bridgehead atoms. The fraction of sp³-hybridized carbons (Fsp3) is 0.176. The van der Waals surface area contributed by atoms with Crippen molar-refractivity contribution < 1.29 is 0 Å². The predicted molar refractivity (Wildman–Crippen MR) is 84.3 cm³/mol. The molecule has 0 unspecified atom stereocenters. The van der Waals surface area contributed by atoms with Crippen molar-refractivity contribution in [2.75, 3.05) is 0 Å². The molecule has 0 spiro atoms. The third-order valence-corrected chi connectivity index (χ3v) is 3.81. The summed E-state index contributed by atoms with van der Waals surface area (Å²) in [5, 5.41) is 0. The number of hydrogen-bond acceptors (Lipinski definition) is 2. The Morgan fingerprint density at radius 1 is 0.857 bits per heavy atom. The highest BCUT2D eigenvalue weighted by Crippen LogP contribution is 2.21. The van der Waals surface area contributed by atoms with Crippen molar-refractivity contribution in [3.05, 3.63) is 60.2 Å². The molecule has 4 heteroatoms. The highest BCUT2D eigenvalue weighted by Gasteiger charge is 2.13. The first-order chi connectivity index (χ1) is 10.3. The Bertz CT molecular complexity index is 837. The van der Waals surface area contributed by atoms with Crippen LogP contribution in [0.25, 0.3) is 22.1 Å². The lowest BCUT2D eigenvalue weighted by Crippen LogP contribution is -2.02. The molecule has 2 aromatic heterocycles. The molecule has 0 amide bonds. The second-order valence-corrected chi connectivity index (χ2v) is 5.45. The summed E-state index contributed by atoms with van der Waals surface area (Å²) >= 11 is 0. The number of aromatic amines is 2. The van der Waals surface area contributed by atoms with Crippen LogP contribution in [0.5, 0.6) is 0 Å². The number of benzene rings is 2. The van der Waals surface area contributed by atoms with E-state index in [1.54, 1.807) is 0 Å². The Morgan fingerprint density at radius 2 is 1.48 bits per heavy atom. The molecule has 104 valence electrons. The molecule has 0 aliphatic carbocycles. The van der Waals surface area contributed by atoms with E-state index in [-0.39, 0.29) is 5.92 Å². The van der Waals surface area contributed by atoms with Crippen LogP contribution in [0.3, 0.4) is 0 Å². The van der Waals surface area contributed by atoms with E-state index in [2.05, 4.69) is 39.0 Å². The van der Waals surface area contributed by atoms with Gasteiger partial charge in [0.1, 0.15) is 11.6 Å². The van der Waals surface area contributed by atoms with Crippen molar-refractivity contribution in [3.63, 3.8) is 0 Å². The van der Waals surface area contributed by atoms with Gasteiger partial charge in [-0.05, 0) is 24.3 Å². The summed E-state index contributed by atoms with van der Waals surface area (Å²) in [4.78, 5) is 16.1. The van der Waals surface area contributed by atoms with Crippen molar-refractivity contribution in [3.8, 4) is 0 Å². The summed E-state index contributed by atoms with van der Waals surface area (Å²) in [7, 11) is 0. The van der Waals surface area contributed by atoms with E-state index >= 15 is 0 Å². The van der Waals surface area contributed by atoms with E-state index in [0.29, 0.717) is 0 Å². The average molecular weight is 276 g/mol. The highest BCUT2D eigenvalue weighted by atomic mass is 14.9. The van der Waals surface area contributed by atoms with E-state index in [9.17, 15) is 0 Å². The van der Waals surface area contributed by atoms with Gasteiger partial charge in [-0.3, -0.25) is 0 Å². The highest BCUT2D eigenvalue weighted by molar-refractivity contribution is 5.75. The second-order valence-electron chi connectivity index (χ2n) is 5.45. The first-order valence-electron chi connectivity index (χ1n) is 7.18. The van der Waals surface area contributed by atoms with Gasteiger partial charge in [-0.25, -0.2) is 9.97 Å². The van der Waals surface area contributed by atoms with Gasteiger partial charge in [-0.1, -0.05) is 31.2 Å². The van der Waals surface area contributed by atoms with Crippen LogP contribution >= 0.6 is 0 Å². The van der Waals surface area contributed by atoms with Gasteiger partial charge in [0, 0.05) is 12.3 Å². The molecule has 0 saturated heterocycles. The lowest BCUT2D eigenvalue weighted by molar-refractivity contribution is 0.690. The molecule has 2 N–H and O–H groups in total. The molecular formula is C17H16N4. The number of para-hydroxylation sites is 4. The number of rotatable bonds is 3. The van der Waals surface area contributed by atoms with Crippen LogP contribution in [0.2, 0.25) is 0 Å². The van der Waals surface area contributed by atoms with E-state index in [4.69, 9.17) is 0 Å². The Labute approximate surface area is 122 Å². The third-order valence-electron chi connectivity index (χ3n) is 3.81. The van der Waals surface area contributed by atoms with Crippen LogP contribution in [0.4, 0.5) is 0 Å². The third kappa shape index (κ3) is 2.18. The van der Waals surface area contributed by atoms with E-state index < -0.39 is 0 Å². The molecule has 4 rings (SSSR count). The van der Waals surface area contributed by atoms with Crippen LogP contribution < -0.4 is 0 Å². The minimum atomic E-state index is 0.290. The van der Waals surface area contributed by atoms with Gasteiger partial charge in [-0.2, -0.15) is 0 Å². The van der Waals surface area contributed by atoms with Gasteiger partial charge < -0.3 is 9.97 Å². The molecule has 0 aliphatic heterocycles. The number of fused-ring (bicyclic) bond motifs is 2. The number of hydrogen-bond donors (Lipinski definition) is 2. The predicted octanol–water partition coefficient (Wildman–Crippen LogP) is 3.79. The lowest BCUT2D eigenvalue weighted by Gasteiger charge is -2.05. The van der Waals surface area contributed by atoms with Crippen molar-refractivity contribution >= 4 is 22.1 Å². The van der Waals surface area contributed by atoms with Gasteiger partial charge >= 0.3 is 0 Å². The molecule has 0 radical (unpaired) electrons. The molecule has 4 aromatic rings. The summed E-state index contributed by atoms with van der Waals surface area (Å²) in [6.07, 6.45) is 0.842. The molecule has 2 heterocycles. The summed E-state index contributed by atoms with van der Waals surface area (Å²) < 4.78 is 0. The smallest absolute Gasteiger partial charge is 0.110 e. The summed E-state index contributed by atoms with van der Waals surface area (Å²) in [6, 6.07) is 16.2. The Balaban J connectivity index is 1.63. The molecule has 0 saturated carbocycles. The Hall–Kier alpha value is -2.62. The number of H-pyrrole nitrogens is 2. The SMILES string of the molecule is C[C@H](Cc1nc2ccccc2[nH]1)c1nc2ccccc2[nH]1. The number of nitrogens with zero attached hydrogens (tertiary/aromatic N) is 2. The normalized spacial score (nSPS) is 13.0. The maximum absolute atomic E-state index is 4.67. The quantitative estimate of drug-likeness (QED) is 0.598. The van der Waals surface area contributed by atoms with Crippen LogP contribution in [0.15, 0.2) is 48.5 Å². The van der Waals surface area contributed by atoms with Crippen molar-refractivity contribution in [2.24, 2.45) is 0 Å². The van der Waals surface area contributed by atoms with Gasteiger partial charge in [0.05, 0.1) is 22.1 Å². The standard InChI is InChI=1S/C17H16N4/c1-11(17-20-14-8-4-5-9-15(14)21-17)10-16-18-12-6-2-3-7-13(12)19-16/h2-9,11H,10H2,1H3,(H,18,19)(H,20,21)/t11-/m1/s1. The van der Waals surface area contributed by atoms with Crippen LogP contribution in [-0.4, -0.2) is 19.9 Å². The monoisotopic (exact) mass is 276 g/mol. The summed E-state index contributed by atoms with van der Waals surface area (Å²) in [6.45, 7) is 2.17. The maximum atomic E-state index is 4.67. The van der Waals surface area contributed by atoms with E-state index in [1.165, 1.54) is 0 Å². The summed E-state index contributed by atoms with van der Waals surface area (Å²) in [5.74, 6) is 2.30. The minimum Gasteiger partial charge on any atom is -0.342 e. The number of aromatic nitrogens is 4. The van der Waals surface area contributed by atoms with Gasteiger partial charge in [0.2, 0.25) is 0 Å². The van der Waals surface area contributed by atoms with Crippen LogP contribution in [0.1, 0.15) is 24.5 Å². The van der Waals surface area contributed by atoms with Crippen LogP contribution in [0, 0.1) is 0 Å². The molecule has 21 heavy (non-hydrogen) atoms. The molecular weight excluding hydrogens is 260 g/mol. The fourth-order valence-corrected chi connectivity index (χ4v) is 2.69. The van der Waals surface area contributed by atoms with Crippen LogP contribution in [-0.2, 0) is 6.42 Å². The molecule has 2 aromatic carbocycles. The van der Waals surface area contributed by atoms with Crippen molar-refractivity contribution in [1.82, 2.24) is 19.9 Å². The average Bonchev–Trinajstić information content (AvgIpc) is 3.10. The Morgan fingerprint density at radius 3 is 2.14 bits per heavy atom. The summed E-state index contributed by atoms with van der Waals surface area (Å²) in [5.41, 5.74) is 4.21. The van der Waals surface area contributed by atoms with Gasteiger partial charge in [0.25, 0.3) is 0 Å². The molecule has 0 fully saturated rings. The fourth-order valence-electron chi connectivity index (χ4n) is 2.69. The second kappa shape index (κ2) is 4.74. The number of nitrogens with one attached hydrogen (secondary N) is 2. The zero-order valence-corrected chi connectivity index (χ0v) is 11.8. The van der Waals surface area contributed by atoms with Crippen molar-refractivity contribution in [1.29, 1.82) is 0 Å². The van der Waals surface area contributed by atoms with Crippen molar-refractivity contribution in [2.45, 2.75) is 19.3 Å². The lowest BCUT2D eigenvalue weighted by atomic mass is 10.1. The zero-order chi connectivity index (χ0) is 14.2. The minimum absolute atomic E-state index is 0.290. The largest absolute Gasteiger partial charge is 0.342 e. The first-order valence-corrected chi connectivity index (χ1v) is 7.18. The zero-order valence-electron chi connectivity index (χ0n) is 11.8. The van der Waals surface area contributed by atoms with Gasteiger partial charge in [-0.15, -0.1) is 0 Å². The molecule has 4 nitrogen and oxygen atoms in total. The molecule has 0 aliphatic rings. The van der Waals surface area contributed by atoms with E-state index in [1.807, 2.05) is 36.4 Å². The number of imidazole rings is 2. The Kier molecular flexibility index (Phi) is 2.74. The van der Waals surface area contributed by atoms with Gasteiger partial charge in [0.15, 0.2) is 0 Å².